The van der Waals surface area contributed by atoms with E-state index in [0.29, 0.717) is 0 Å². The summed E-state index contributed by atoms with van der Waals surface area (Å²) in [6.07, 6.45) is 3.93. The van der Waals surface area contributed by atoms with Crippen LogP contribution in [0.3, 0.4) is 0 Å². The van der Waals surface area contributed by atoms with Gasteiger partial charge in [-0.05, 0) is 42.0 Å². The third-order valence-corrected chi connectivity index (χ3v) is 3.97. The first-order chi connectivity index (χ1) is 11.6. The maximum atomic E-state index is 10.7. The van der Waals surface area contributed by atoms with Gasteiger partial charge in [-0.3, -0.25) is 10.1 Å². The molecule has 0 amide bonds. The Morgan fingerprint density at radius 2 is 1.79 bits per heavy atom. The van der Waals surface area contributed by atoms with Crippen molar-refractivity contribution in [2.45, 2.75) is 0 Å². The maximum absolute atomic E-state index is 10.7. The van der Waals surface area contributed by atoms with Crippen LogP contribution in [0.5, 0.6) is 5.75 Å². The molecule has 5 heteroatoms. The number of aromatic nitrogens is 1. The van der Waals surface area contributed by atoms with E-state index < -0.39 is 4.92 Å². The fourth-order valence-corrected chi connectivity index (χ4v) is 2.58. The zero-order valence-electron chi connectivity index (χ0n) is 13.5. The minimum atomic E-state index is -0.398. The van der Waals surface area contributed by atoms with Gasteiger partial charge in [0.25, 0.3) is 5.69 Å². The highest BCUT2D eigenvalue weighted by atomic mass is 16.6. The topological polar surface area (TPSA) is 56.3 Å². The van der Waals surface area contributed by atoms with Crippen LogP contribution < -0.4 is 9.30 Å². The zero-order valence-corrected chi connectivity index (χ0v) is 13.5. The van der Waals surface area contributed by atoms with Crippen molar-refractivity contribution in [2.75, 3.05) is 7.11 Å². The molecule has 0 saturated heterocycles. The Bertz CT molecular complexity index is 931. The minimum Gasteiger partial charge on any atom is -0.497 e. The third kappa shape index (κ3) is 3.10. The number of nitrogens with zero attached hydrogens (tertiary/aromatic N) is 2. The molecule has 0 spiro atoms. The lowest BCUT2D eigenvalue weighted by Gasteiger charge is -2.03. The summed E-state index contributed by atoms with van der Waals surface area (Å²) in [7, 11) is 3.66. The lowest BCUT2D eigenvalue weighted by molar-refractivity contribution is -0.646. The monoisotopic (exact) mass is 321 g/mol. The van der Waals surface area contributed by atoms with Crippen molar-refractivity contribution in [3.8, 4) is 5.75 Å². The van der Waals surface area contributed by atoms with Crippen molar-refractivity contribution in [1.29, 1.82) is 0 Å². The Kier molecular flexibility index (Phi) is 4.24. The number of non-ortho nitro benzene ring substituents is 1. The first-order valence-electron chi connectivity index (χ1n) is 7.48. The molecular weight excluding hydrogens is 304 g/mol. The third-order valence-electron chi connectivity index (χ3n) is 3.97. The summed E-state index contributed by atoms with van der Waals surface area (Å²) in [4.78, 5) is 10.3. The van der Waals surface area contributed by atoms with Crippen LogP contribution >= 0.6 is 0 Å². The number of rotatable bonds is 4. The van der Waals surface area contributed by atoms with Crippen molar-refractivity contribution >= 4 is 28.7 Å². The first-order valence-corrected chi connectivity index (χ1v) is 7.48. The molecule has 1 heterocycles. The van der Waals surface area contributed by atoms with Crippen molar-refractivity contribution in [3.63, 3.8) is 0 Å². The lowest BCUT2D eigenvalue weighted by atomic mass is 10.1. The summed E-state index contributed by atoms with van der Waals surface area (Å²) in [5, 5.41) is 11.8. The fraction of sp³-hybridized carbons (Fsp3) is 0.105. The van der Waals surface area contributed by atoms with Gasteiger partial charge in [0, 0.05) is 30.3 Å². The van der Waals surface area contributed by atoms with Crippen molar-refractivity contribution in [1.82, 2.24) is 0 Å². The van der Waals surface area contributed by atoms with Crippen LogP contribution in [0.1, 0.15) is 11.3 Å². The quantitative estimate of drug-likeness (QED) is 0.418. The molecule has 0 aliphatic heterocycles. The van der Waals surface area contributed by atoms with E-state index in [-0.39, 0.29) is 5.69 Å². The Morgan fingerprint density at radius 3 is 2.46 bits per heavy atom. The van der Waals surface area contributed by atoms with Gasteiger partial charge in [0.15, 0.2) is 0 Å². The highest BCUT2D eigenvalue weighted by molar-refractivity contribution is 5.79. The minimum absolute atomic E-state index is 0.0948. The largest absolute Gasteiger partial charge is 0.497 e. The number of hydrogen-bond donors (Lipinski definition) is 0. The number of fused-ring (bicyclic) bond motifs is 1. The van der Waals surface area contributed by atoms with E-state index in [0.717, 1.165) is 27.9 Å². The van der Waals surface area contributed by atoms with Gasteiger partial charge >= 0.3 is 0 Å². The SMILES string of the molecule is COc1ccc2c(ccc(C=Cc3ccc([N+](=O)[O-])cc3)[n+]2C)c1. The second-order valence-corrected chi connectivity index (χ2v) is 5.42. The average molecular weight is 321 g/mol. The van der Waals surface area contributed by atoms with Crippen molar-refractivity contribution in [3.05, 3.63) is 76.0 Å². The number of nitro groups is 1. The van der Waals surface area contributed by atoms with Crippen molar-refractivity contribution < 1.29 is 14.2 Å². The normalized spacial score (nSPS) is 11.1. The lowest BCUT2D eigenvalue weighted by Crippen LogP contribution is -2.32. The molecule has 0 radical (unpaired) electrons. The summed E-state index contributed by atoms with van der Waals surface area (Å²) in [6.45, 7) is 0. The number of pyridine rings is 1. The number of aryl methyl sites for hydroxylation is 1. The molecule has 0 aliphatic rings. The van der Waals surface area contributed by atoms with Gasteiger partial charge in [-0.25, -0.2) is 0 Å². The Hall–Kier alpha value is -3.21. The maximum Gasteiger partial charge on any atom is 0.269 e. The molecule has 2 aromatic carbocycles. The smallest absolute Gasteiger partial charge is 0.269 e. The number of nitro benzene ring substituents is 1. The molecule has 0 bridgehead atoms. The molecule has 3 rings (SSSR count). The molecule has 5 nitrogen and oxygen atoms in total. The van der Waals surface area contributed by atoms with Crippen molar-refractivity contribution in [2.24, 2.45) is 7.05 Å². The van der Waals surface area contributed by atoms with Crippen LogP contribution in [-0.4, -0.2) is 12.0 Å². The molecule has 0 aliphatic carbocycles. The Balaban J connectivity index is 1.91. The van der Waals surface area contributed by atoms with Gasteiger partial charge in [0.05, 0.1) is 17.4 Å². The number of hydrogen-bond acceptors (Lipinski definition) is 3. The van der Waals surface area contributed by atoms with Crippen LogP contribution in [0.25, 0.3) is 23.1 Å². The van der Waals surface area contributed by atoms with Crippen LogP contribution in [0.2, 0.25) is 0 Å². The van der Waals surface area contributed by atoms with Gasteiger partial charge in [-0.1, -0.05) is 0 Å². The van der Waals surface area contributed by atoms with Gasteiger partial charge < -0.3 is 4.74 Å². The summed E-state index contributed by atoms with van der Waals surface area (Å²) in [5.41, 5.74) is 3.14. The Labute approximate surface area is 139 Å². The zero-order chi connectivity index (χ0) is 17.1. The fourth-order valence-electron chi connectivity index (χ4n) is 2.58. The Morgan fingerprint density at radius 1 is 1.04 bits per heavy atom. The second-order valence-electron chi connectivity index (χ2n) is 5.42. The van der Waals surface area contributed by atoms with E-state index in [1.165, 1.54) is 12.1 Å². The molecular formula is C19H17N2O3+. The highest BCUT2D eigenvalue weighted by Crippen LogP contribution is 2.19. The van der Waals surface area contributed by atoms with Crippen LogP contribution in [0.4, 0.5) is 5.69 Å². The van der Waals surface area contributed by atoms with Crippen LogP contribution in [0, 0.1) is 10.1 Å². The van der Waals surface area contributed by atoms with Gasteiger partial charge in [0.2, 0.25) is 11.2 Å². The van der Waals surface area contributed by atoms with Gasteiger partial charge in [-0.15, -0.1) is 0 Å². The molecule has 0 saturated carbocycles. The molecule has 3 aromatic rings. The van der Waals surface area contributed by atoms with E-state index >= 15 is 0 Å². The summed E-state index contributed by atoms with van der Waals surface area (Å²) in [5.74, 6) is 0.830. The summed E-state index contributed by atoms with van der Waals surface area (Å²) >= 11 is 0. The van der Waals surface area contributed by atoms with Crippen LogP contribution in [-0.2, 0) is 7.05 Å². The molecule has 0 N–H and O–H groups in total. The number of ether oxygens (including phenoxy) is 1. The highest BCUT2D eigenvalue weighted by Gasteiger charge is 2.10. The van der Waals surface area contributed by atoms with Gasteiger partial charge in [-0.2, -0.15) is 4.57 Å². The van der Waals surface area contributed by atoms with E-state index in [1.807, 2.05) is 49.5 Å². The van der Waals surface area contributed by atoms with E-state index in [1.54, 1.807) is 19.2 Å². The average Bonchev–Trinajstić information content (AvgIpc) is 2.61. The number of methoxy groups -OCH3 is 1. The predicted molar refractivity (Wildman–Crippen MR) is 93.7 cm³/mol. The predicted octanol–water partition coefficient (Wildman–Crippen LogP) is 3.75. The van der Waals surface area contributed by atoms with E-state index in [4.69, 9.17) is 4.74 Å². The molecule has 120 valence electrons. The molecule has 0 atom stereocenters. The molecule has 0 unspecified atom stereocenters. The van der Waals surface area contributed by atoms with Crippen LogP contribution in [0.15, 0.2) is 54.6 Å². The molecule has 24 heavy (non-hydrogen) atoms. The first kappa shape index (κ1) is 15.7. The standard InChI is InChI=1S/C19H17N2O3/c1-20-16(7-3-14-4-8-17(9-5-14)21(22)23)10-6-15-13-18(24-2)11-12-19(15)20/h3-13H,1-2H3/q+1. The summed E-state index contributed by atoms with van der Waals surface area (Å²) < 4.78 is 7.35. The summed E-state index contributed by atoms with van der Waals surface area (Å²) in [6, 6.07) is 16.5. The number of benzene rings is 2. The molecule has 0 fully saturated rings. The second kappa shape index (κ2) is 6.50. The van der Waals surface area contributed by atoms with E-state index in [9.17, 15) is 10.1 Å². The van der Waals surface area contributed by atoms with E-state index in [2.05, 4.69) is 4.57 Å². The van der Waals surface area contributed by atoms with Gasteiger partial charge in [0.1, 0.15) is 12.8 Å². The molecule has 1 aromatic heterocycles.